The van der Waals surface area contributed by atoms with Crippen LogP contribution in [0.2, 0.25) is 5.02 Å². The second kappa shape index (κ2) is 7.11. The summed E-state index contributed by atoms with van der Waals surface area (Å²) in [6, 6.07) is 4.75. The molecule has 0 aliphatic heterocycles. The minimum atomic E-state index is 0.701. The topological polar surface area (TPSA) is 28.2 Å². The van der Waals surface area contributed by atoms with Crippen LogP contribution in [0.25, 0.3) is 0 Å². The second-order valence-electron chi connectivity index (χ2n) is 5.16. The van der Waals surface area contributed by atoms with Crippen LogP contribution in [0, 0.1) is 0 Å². The van der Waals surface area contributed by atoms with Crippen molar-refractivity contribution in [1.29, 1.82) is 0 Å². The standard InChI is InChI=1S/C15H24ClN3/c1-3-5-10-19(12-6-7-12)15-9-8-13(16)14(18-15)11-17-4-2/h8-9,12,17H,3-7,10-11H2,1-2H3. The number of aromatic nitrogens is 1. The molecule has 0 amide bonds. The second-order valence-corrected chi connectivity index (χ2v) is 5.56. The number of pyridine rings is 1. The number of halogens is 1. The predicted octanol–water partition coefficient (Wildman–Crippen LogP) is 3.61. The lowest BCUT2D eigenvalue weighted by atomic mass is 10.3. The normalized spacial score (nSPS) is 14.7. The van der Waals surface area contributed by atoms with Crippen molar-refractivity contribution < 1.29 is 0 Å². The number of hydrogen-bond donors (Lipinski definition) is 1. The van der Waals surface area contributed by atoms with Crippen molar-refractivity contribution in [1.82, 2.24) is 10.3 Å². The van der Waals surface area contributed by atoms with Gasteiger partial charge < -0.3 is 10.2 Å². The Labute approximate surface area is 121 Å². The van der Waals surface area contributed by atoms with Crippen molar-refractivity contribution >= 4 is 17.4 Å². The zero-order valence-corrected chi connectivity index (χ0v) is 12.7. The van der Waals surface area contributed by atoms with Crippen LogP contribution in [-0.2, 0) is 6.54 Å². The monoisotopic (exact) mass is 281 g/mol. The van der Waals surface area contributed by atoms with E-state index in [1.807, 2.05) is 6.07 Å². The lowest BCUT2D eigenvalue weighted by Gasteiger charge is -2.24. The van der Waals surface area contributed by atoms with Crippen LogP contribution in [0.3, 0.4) is 0 Å². The van der Waals surface area contributed by atoms with E-state index in [0.29, 0.717) is 6.04 Å². The molecule has 0 atom stereocenters. The molecule has 0 radical (unpaired) electrons. The molecular weight excluding hydrogens is 258 g/mol. The van der Waals surface area contributed by atoms with Gasteiger partial charge in [0.15, 0.2) is 0 Å². The van der Waals surface area contributed by atoms with Crippen LogP contribution >= 0.6 is 11.6 Å². The van der Waals surface area contributed by atoms with Crippen molar-refractivity contribution in [2.45, 2.75) is 52.1 Å². The number of anilines is 1. The maximum atomic E-state index is 6.22. The zero-order chi connectivity index (χ0) is 13.7. The molecule has 1 fully saturated rings. The Kier molecular flexibility index (Phi) is 5.46. The van der Waals surface area contributed by atoms with E-state index in [1.165, 1.54) is 25.7 Å². The highest BCUT2D eigenvalue weighted by atomic mass is 35.5. The number of unbranched alkanes of at least 4 members (excludes halogenated alkanes) is 1. The average Bonchev–Trinajstić information content (AvgIpc) is 3.24. The van der Waals surface area contributed by atoms with E-state index in [1.54, 1.807) is 0 Å². The van der Waals surface area contributed by atoms with Crippen LogP contribution in [0.4, 0.5) is 5.82 Å². The van der Waals surface area contributed by atoms with Crippen molar-refractivity contribution in [3.8, 4) is 0 Å². The summed E-state index contributed by atoms with van der Waals surface area (Å²) in [4.78, 5) is 7.21. The van der Waals surface area contributed by atoms with E-state index in [2.05, 4.69) is 30.1 Å². The molecule has 1 aromatic rings. The van der Waals surface area contributed by atoms with E-state index in [-0.39, 0.29) is 0 Å². The molecule has 3 nitrogen and oxygen atoms in total. The van der Waals surface area contributed by atoms with Crippen LogP contribution < -0.4 is 10.2 Å². The van der Waals surface area contributed by atoms with Gasteiger partial charge in [-0.2, -0.15) is 0 Å². The molecule has 0 unspecified atom stereocenters. The summed E-state index contributed by atoms with van der Waals surface area (Å²) in [5.41, 5.74) is 0.961. The van der Waals surface area contributed by atoms with Gasteiger partial charge in [-0.15, -0.1) is 0 Å². The fourth-order valence-corrected chi connectivity index (χ4v) is 2.37. The number of rotatable bonds is 8. The molecule has 19 heavy (non-hydrogen) atoms. The molecule has 1 aliphatic carbocycles. The first-order chi connectivity index (χ1) is 9.26. The summed E-state index contributed by atoms with van der Waals surface area (Å²) in [5, 5.41) is 4.05. The van der Waals surface area contributed by atoms with E-state index in [9.17, 15) is 0 Å². The molecule has 2 rings (SSSR count). The fraction of sp³-hybridized carbons (Fsp3) is 0.667. The third-order valence-electron chi connectivity index (χ3n) is 3.48. The van der Waals surface area contributed by atoms with Crippen LogP contribution in [0.15, 0.2) is 12.1 Å². The summed E-state index contributed by atoms with van der Waals surface area (Å²) in [6.45, 7) is 7.11. The maximum absolute atomic E-state index is 6.22. The van der Waals surface area contributed by atoms with Gasteiger partial charge >= 0.3 is 0 Å². The van der Waals surface area contributed by atoms with Crippen LogP contribution in [0.5, 0.6) is 0 Å². The SMILES string of the molecule is CCCCN(c1ccc(Cl)c(CNCC)n1)C1CC1. The Bertz CT molecular complexity index is 404. The van der Waals surface area contributed by atoms with Gasteiger partial charge in [0, 0.05) is 19.1 Å². The number of nitrogens with zero attached hydrogens (tertiary/aromatic N) is 2. The minimum absolute atomic E-state index is 0.701. The highest BCUT2D eigenvalue weighted by molar-refractivity contribution is 6.31. The van der Waals surface area contributed by atoms with Gasteiger partial charge in [0.05, 0.1) is 10.7 Å². The molecule has 0 spiro atoms. The van der Waals surface area contributed by atoms with E-state index >= 15 is 0 Å². The van der Waals surface area contributed by atoms with Gasteiger partial charge in [0.2, 0.25) is 0 Å². The number of nitrogens with one attached hydrogen (secondary N) is 1. The molecule has 0 bridgehead atoms. The summed E-state index contributed by atoms with van der Waals surface area (Å²) in [5.74, 6) is 1.09. The largest absolute Gasteiger partial charge is 0.354 e. The Balaban J connectivity index is 2.12. The molecule has 1 aliphatic rings. The van der Waals surface area contributed by atoms with Crippen LogP contribution in [0.1, 0.15) is 45.2 Å². The molecule has 0 saturated heterocycles. The first kappa shape index (κ1) is 14.6. The predicted molar refractivity (Wildman–Crippen MR) is 81.9 cm³/mol. The van der Waals surface area contributed by atoms with Crippen molar-refractivity contribution in [3.05, 3.63) is 22.8 Å². The first-order valence-electron chi connectivity index (χ1n) is 7.39. The van der Waals surface area contributed by atoms with Gasteiger partial charge in [-0.05, 0) is 37.9 Å². The minimum Gasteiger partial charge on any atom is -0.354 e. The summed E-state index contributed by atoms with van der Waals surface area (Å²) in [7, 11) is 0. The fourth-order valence-electron chi connectivity index (χ4n) is 2.20. The van der Waals surface area contributed by atoms with E-state index < -0.39 is 0 Å². The Morgan fingerprint density at radius 3 is 2.79 bits per heavy atom. The molecule has 1 saturated carbocycles. The quantitative estimate of drug-likeness (QED) is 0.789. The zero-order valence-electron chi connectivity index (χ0n) is 12.0. The lowest BCUT2D eigenvalue weighted by Crippen LogP contribution is -2.28. The summed E-state index contributed by atoms with van der Waals surface area (Å²) >= 11 is 6.22. The van der Waals surface area contributed by atoms with E-state index in [0.717, 1.165) is 36.2 Å². The molecule has 1 N–H and O–H groups in total. The first-order valence-corrected chi connectivity index (χ1v) is 7.76. The van der Waals surface area contributed by atoms with Gasteiger partial charge in [-0.1, -0.05) is 31.9 Å². The lowest BCUT2D eigenvalue weighted by molar-refractivity contribution is 0.687. The highest BCUT2D eigenvalue weighted by Crippen LogP contribution is 2.31. The Morgan fingerprint density at radius 2 is 2.16 bits per heavy atom. The van der Waals surface area contributed by atoms with Gasteiger partial charge in [0.25, 0.3) is 0 Å². The van der Waals surface area contributed by atoms with E-state index in [4.69, 9.17) is 16.6 Å². The smallest absolute Gasteiger partial charge is 0.129 e. The Hall–Kier alpha value is -0.800. The third kappa shape index (κ3) is 4.08. The van der Waals surface area contributed by atoms with Gasteiger partial charge in [-0.3, -0.25) is 0 Å². The van der Waals surface area contributed by atoms with Crippen molar-refractivity contribution in [2.24, 2.45) is 0 Å². The summed E-state index contributed by atoms with van der Waals surface area (Å²) < 4.78 is 0. The molecule has 106 valence electrons. The molecule has 1 heterocycles. The Morgan fingerprint density at radius 1 is 1.37 bits per heavy atom. The number of hydrogen-bond acceptors (Lipinski definition) is 3. The average molecular weight is 282 g/mol. The van der Waals surface area contributed by atoms with Crippen LogP contribution in [-0.4, -0.2) is 24.1 Å². The van der Waals surface area contributed by atoms with Crippen molar-refractivity contribution in [3.63, 3.8) is 0 Å². The van der Waals surface area contributed by atoms with Gasteiger partial charge in [-0.25, -0.2) is 4.98 Å². The highest BCUT2D eigenvalue weighted by Gasteiger charge is 2.29. The molecule has 1 aromatic heterocycles. The summed E-state index contributed by atoms with van der Waals surface area (Å²) in [6.07, 6.45) is 5.05. The van der Waals surface area contributed by atoms with Crippen molar-refractivity contribution in [2.75, 3.05) is 18.0 Å². The maximum Gasteiger partial charge on any atom is 0.129 e. The molecular formula is C15H24ClN3. The molecule has 4 heteroatoms. The van der Waals surface area contributed by atoms with Gasteiger partial charge in [0.1, 0.15) is 5.82 Å². The third-order valence-corrected chi connectivity index (χ3v) is 3.82. The molecule has 0 aromatic carbocycles.